The van der Waals surface area contributed by atoms with Crippen molar-refractivity contribution >= 4 is 23.3 Å². The van der Waals surface area contributed by atoms with E-state index in [1.807, 2.05) is 31.1 Å². The summed E-state index contributed by atoms with van der Waals surface area (Å²) >= 11 is 1.57. The number of thiazole rings is 1. The van der Waals surface area contributed by atoms with Crippen LogP contribution >= 0.6 is 11.3 Å². The van der Waals surface area contributed by atoms with Crippen molar-refractivity contribution in [2.24, 2.45) is 0 Å². The molecule has 1 aromatic heterocycles. The monoisotopic (exact) mass is 379 g/mol. The molecule has 0 aromatic carbocycles. The molecule has 2 aliphatic rings. The number of carbonyl (C=O) groups excluding carboxylic acids is 2. The van der Waals surface area contributed by atoms with E-state index < -0.39 is 5.60 Å². The predicted molar refractivity (Wildman–Crippen MR) is 102 cm³/mol. The SMILES string of the molecule is CC(C)(C)OC(=O)N1CCC(c2nc(C(=O)N3CCCCC3)cs2)CC1. The number of likely N-dealkylation sites (tertiary alicyclic amines) is 2. The average Bonchev–Trinajstić information content (AvgIpc) is 3.10. The molecule has 0 radical (unpaired) electrons. The maximum absolute atomic E-state index is 12.6. The molecule has 1 aromatic rings. The molecular formula is C19H29N3O3S. The van der Waals surface area contributed by atoms with Crippen molar-refractivity contribution in [1.82, 2.24) is 14.8 Å². The van der Waals surface area contributed by atoms with Gasteiger partial charge in [0.2, 0.25) is 0 Å². The largest absolute Gasteiger partial charge is 0.444 e. The molecule has 3 heterocycles. The minimum atomic E-state index is -0.465. The average molecular weight is 380 g/mol. The number of hydrogen-bond acceptors (Lipinski definition) is 5. The first-order chi connectivity index (χ1) is 12.3. The minimum Gasteiger partial charge on any atom is -0.444 e. The van der Waals surface area contributed by atoms with E-state index in [1.165, 1.54) is 6.42 Å². The molecule has 0 unspecified atom stereocenters. The lowest BCUT2D eigenvalue weighted by Crippen LogP contribution is -2.41. The molecule has 6 nitrogen and oxygen atoms in total. The summed E-state index contributed by atoms with van der Waals surface area (Å²) in [5.41, 5.74) is 0.119. The number of amides is 2. The van der Waals surface area contributed by atoms with Crippen LogP contribution in [0, 0.1) is 0 Å². The highest BCUT2D eigenvalue weighted by Gasteiger charge is 2.29. The molecule has 0 saturated carbocycles. The molecular weight excluding hydrogens is 350 g/mol. The van der Waals surface area contributed by atoms with Gasteiger partial charge in [0.15, 0.2) is 0 Å². The zero-order valence-corrected chi connectivity index (χ0v) is 16.8. The Kier molecular flexibility index (Phi) is 5.85. The summed E-state index contributed by atoms with van der Waals surface area (Å²) in [5.74, 6) is 0.389. The zero-order valence-electron chi connectivity index (χ0n) is 16.0. The highest BCUT2D eigenvalue weighted by Crippen LogP contribution is 2.31. The molecule has 144 valence electrons. The second-order valence-electron chi connectivity index (χ2n) is 8.17. The Morgan fingerprint density at radius 2 is 1.73 bits per heavy atom. The van der Waals surface area contributed by atoms with E-state index in [1.54, 1.807) is 16.2 Å². The Hall–Kier alpha value is -1.63. The minimum absolute atomic E-state index is 0.0680. The lowest BCUT2D eigenvalue weighted by Gasteiger charge is -2.32. The van der Waals surface area contributed by atoms with Crippen LogP contribution in [0.3, 0.4) is 0 Å². The van der Waals surface area contributed by atoms with Crippen molar-refractivity contribution in [1.29, 1.82) is 0 Å². The topological polar surface area (TPSA) is 62.7 Å². The second-order valence-corrected chi connectivity index (χ2v) is 9.06. The molecule has 3 rings (SSSR count). The molecule has 0 spiro atoms. The van der Waals surface area contributed by atoms with E-state index in [4.69, 9.17) is 4.74 Å². The highest BCUT2D eigenvalue weighted by molar-refractivity contribution is 7.09. The predicted octanol–water partition coefficient (Wildman–Crippen LogP) is 3.88. The van der Waals surface area contributed by atoms with Crippen LogP contribution in [-0.4, -0.2) is 58.6 Å². The Balaban J connectivity index is 1.54. The Bertz CT molecular complexity index is 639. The third-order valence-electron chi connectivity index (χ3n) is 4.88. The summed E-state index contributed by atoms with van der Waals surface area (Å²) in [6.07, 6.45) is 4.88. The van der Waals surface area contributed by atoms with Crippen LogP contribution in [0.2, 0.25) is 0 Å². The third kappa shape index (κ3) is 4.75. The molecule has 0 atom stereocenters. The van der Waals surface area contributed by atoms with E-state index >= 15 is 0 Å². The van der Waals surface area contributed by atoms with Crippen molar-refractivity contribution in [3.8, 4) is 0 Å². The summed E-state index contributed by atoms with van der Waals surface area (Å²) in [4.78, 5) is 33.1. The van der Waals surface area contributed by atoms with E-state index in [9.17, 15) is 9.59 Å². The number of aromatic nitrogens is 1. The number of ether oxygens (including phenoxy) is 1. The van der Waals surface area contributed by atoms with Crippen LogP contribution in [0.5, 0.6) is 0 Å². The van der Waals surface area contributed by atoms with Gasteiger partial charge in [0.05, 0.1) is 5.01 Å². The summed E-state index contributed by atoms with van der Waals surface area (Å²) < 4.78 is 5.44. The maximum atomic E-state index is 12.6. The van der Waals surface area contributed by atoms with Gasteiger partial charge in [-0.05, 0) is 52.9 Å². The van der Waals surface area contributed by atoms with E-state index in [0.717, 1.165) is 43.8 Å². The van der Waals surface area contributed by atoms with Gasteiger partial charge in [0.1, 0.15) is 11.3 Å². The summed E-state index contributed by atoms with van der Waals surface area (Å²) in [7, 11) is 0. The van der Waals surface area contributed by atoms with Gasteiger partial charge in [0.25, 0.3) is 5.91 Å². The van der Waals surface area contributed by atoms with Crippen LogP contribution in [0.4, 0.5) is 4.79 Å². The molecule has 2 fully saturated rings. The number of rotatable bonds is 2. The molecule has 0 aliphatic carbocycles. The first-order valence-corrected chi connectivity index (χ1v) is 10.4. The molecule has 7 heteroatoms. The molecule has 26 heavy (non-hydrogen) atoms. The van der Waals surface area contributed by atoms with E-state index in [2.05, 4.69) is 4.98 Å². The summed E-state index contributed by atoms with van der Waals surface area (Å²) in [6, 6.07) is 0. The fourth-order valence-corrected chi connectivity index (χ4v) is 4.43. The number of piperidine rings is 2. The fraction of sp³-hybridized carbons (Fsp3) is 0.737. The summed E-state index contributed by atoms with van der Waals surface area (Å²) in [6.45, 7) is 8.69. The van der Waals surface area contributed by atoms with Gasteiger partial charge in [-0.25, -0.2) is 9.78 Å². The quantitative estimate of drug-likeness (QED) is 0.782. The standard InChI is InChI=1S/C19H29N3O3S/c1-19(2,3)25-18(24)22-11-7-14(8-12-22)16-20-15(13-26-16)17(23)21-9-5-4-6-10-21/h13-14H,4-12H2,1-3H3. The molecule has 0 bridgehead atoms. The molecule has 2 aliphatic heterocycles. The maximum Gasteiger partial charge on any atom is 0.410 e. The van der Waals surface area contributed by atoms with Gasteiger partial charge in [-0.1, -0.05) is 0 Å². The highest BCUT2D eigenvalue weighted by atomic mass is 32.1. The second kappa shape index (κ2) is 7.94. The lowest BCUT2D eigenvalue weighted by molar-refractivity contribution is 0.0205. The molecule has 2 amide bonds. The Labute approximate surface area is 159 Å². The number of nitrogens with zero attached hydrogens (tertiary/aromatic N) is 3. The summed E-state index contributed by atoms with van der Waals surface area (Å²) in [5, 5.41) is 2.92. The van der Waals surface area contributed by atoms with Gasteiger partial charge in [0, 0.05) is 37.5 Å². The first kappa shape index (κ1) is 19.1. The van der Waals surface area contributed by atoms with Crippen molar-refractivity contribution < 1.29 is 14.3 Å². The van der Waals surface area contributed by atoms with Crippen molar-refractivity contribution in [2.45, 2.75) is 64.4 Å². The van der Waals surface area contributed by atoms with Crippen LogP contribution in [0.1, 0.15) is 74.3 Å². The van der Waals surface area contributed by atoms with Crippen molar-refractivity contribution in [2.75, 3.05) is 26.2 Å². The van der Waals surface area contributed by atoms with Gasteiger partial charge in [-0.15, -0.1) is 11.3 Å². The van der Waals surface area contributed by atoms with Crippen molar-refractivity contribution in [3.63, 3.8) is 0 Å². The van der Waals surface area contributed by atoms with Crippen LogP contribution in [-0.2, 0) is 4.74 Å². The van der Waals surface area contributed by atoms with E-state index in [0.29, 0.717) is 24.7 Å². The lowest BCUT2D eigenvalue weighted by atomic mass is 9.98. The van der Waals surface area contributed by atoms with Crippen LogP contribution < -0.4 is 0 Å². The van der Waals surface area contributed by atoms with Gasteiger partial charge < -0.3 is 14.5 Å². The van der Waals surface area contributed by atoms with Gasteiger partial charge >= 0.3 is 6.09 Å². The Morgan fingerprint density at radius 3 is 2.35 bits per heavy atom. The van der Waals surface area contributed by atoms with Gasteiger partial charge in [-0.2, -0.15) is 0 Å². The van der Waals surface area contributed by atoms with Gasteiger partial charge in [-0.3, -0.25) is 4.79 Å². The van der Waals surface area contributed by atoms with Crippen molar-refractivity contribution in [3.05, 3.63) is 16.1 Å². The van der Waals surface area contributed by atoms with E-state index in [-0.39, 0.29) is 12.0 Å². The Morgan fingerprint density at radius 1 is 1.08 bits per heavy atom. The smallest absolute Gasteiger partial charge is 0.410 e. The van der Waals surface area contributed by atoms with Crippen LogP contribution in [0.15, 0.2) is 5.38 Å². The molecule has 2 saturated heterocycles. The number of hydrogen-bond donors (Lipinski definition) is 0. The van der Waals surface area contributed by atoms with Crippen LogP contribution in [0.25, 0.3) is 0 Å². The number of carbonyl (C=O) groups is 2. The normalized spacial score (nSPS) is 19.5. The third-order valence-corrected chi connectivity index (χ3v) is 5.89. The molecule has 0 N–H and O–H groups in total. The fourth-order valence-electron chi connectivity index (χ4n) is 3.47. The zero-order chi connectivity index (χ0) is 18.7. The first-order valence-electron chi connectivity index (χ1n) is 9.56.